The normalized spacial score (nSPS) is 12.1. The van der Waals surface area contributed by atoms with Crippen LogP contribution in [0.2, 0.25) is 0 Å². The minimum absolute atomic E-state index is 0.191. The van der Waals surface area contributed by atoms with Crippen molar-refractivity contribution in [2.24, 2.45) is 5.73 Å². The SMILES string of the molecule is COc1cc([C@H](CN)OC)cc(OC)c1OC. The molecule has 0 radical (unpaired) electrons. The van der Waals surface area contributed by atoms with Crippen molar-refractivity contribution in [3.8, 4) is 17.2 Å². The third-order valence-corrected chi connectivity index (χ3v) is 2.56. The molecule has 96 valence electrons. The average molecular weight is 241 g/mol. The van der Waals surface area contributed by atoms with Crippen molar-refractivity contribution in [1.29, 1.82) is 0 Å². The van der Waals surface area contributed by atoms with E-state index in [0.717, 1.165) is 5.56 Å². The van der Waals surface area contributed by atoms with Crippen LogP contribution in [0.4, 0.5) is 0 Å². The quantitative estimate of drug-likeness (QED) is 0.814. The highest BCUT2D eigenvalue weighted by atomic mass is 16.5. The molecule has 1 atom stereocenters. The zero-order chi connectivity index (χ0) is 12.8. The van der Waals surface area contributed by atoms with Gasteiger partial charge in [-0.3, -0.25) is 0 Å². The van der Waals surface area contributed by atoms with Gasteiger partial charge < -0.3 is 24.7 Å². The van der Waals surface area contributed by atoms with Crippen LogP contribution in [0.1, 0.15) is 11.7 Å². The maximum Gasteiger partial charge on any atom is 0.203 e. The van der Waals surface area contributed by atoms with Crippen LogP contribution in [0.3, 0.4) is 0 Å². The second-order valence-corrected chi connectivity index (χ2v) is 3.42. The molecule has 5 heteroatoms. The molecule has 2 N–H and O–H groups in total. The minimum atomic E-state index is -0.191. The summed E-state index contributed by atoms with van der Waals surface area (Å²) in [7, 11) is 6.33. The maximum absolute atomic E-state index is 5.63. The Balaban J connectivity index is 3.26. The van der Waals surface area contributed by atoms with Gasteiger partial charge in [-0.15, -0.1) is 0 Å². The van der Waals surface area contributed by atoms with Gasteiger partial charge >= 0.3 is 0 Å². The second-order valence-electron chi connectivity index (χ2n) is 3.42. The van der Waals surface area contributed by atoms with Crippen LogP contribution in [0.15, 0.2) is 12.1 Å². The first-order valence-corrected chi connectivity index (χ1v) is 5.24. The van der Waals surface area contributed by atoms with Gasteiger partial charge in [-0.1, -0.05) is 0 Å². The summed E-state index contributed by atoms with van der Waals surface area (Å²) in [4.78, 5) is 0. The summed E-state index contributed by atoms with van der Waals surface area (Å²) in [6.07, 6.45) is -0.191. The van der Waals surface area contributed by atoms with Gasteiger partial charge in [0.15, 0.2) is 11.5 Å². The summed E-state index contributed by atoms with van der Waals surface area (Å²) in [5.41, 5.74) is 6.52. The third kappa shape index (κ3) is 2.81. The monoisotopic (exact) mass is 241 g/mol. The van der Waals surface area contributed by atoms with Gasteiger partial charge in [0.1, 0.15) is 0 Å². The molecule has 1 aromatic rings. The summed E-state index contributed by atoms with van der Waals surface area (Å²) in [6, 6.07) is 3.67. The fourth-order valence-electron chi connectivity index (χ4n) is 1.66. The number of hydrogen-bond acceptors (Lipinski definition) is 5. The molecule has 0 amide bonds. The zero-order valence-corrected chi connectivity index (χ0v) is 10.6. The molecule has 0 saturated heterocycles. The number of rotatable bonds is 6. The molecule has 0 aliphatic rings. The van der Waals surface area contributed by atoms with Gasteiger partial charge in [-0.25, -0.2) is 0 Å². The number of nitrogens with two attached hydrogens (primary N) is 1. The van der Waals surface area contributed by atoms with Gasteiger partial charge in [0, 0.05) is 13.7 Å². The van der Waals surface area contributed by atoms with Gasteiger partial charge in [0.2, 0.25) is 5.75 Å². The first-order valence-electron chi connectivity index (χ1n) is 5.24. The second kappa shape index (κ2) is 6.32. The molecule has 0 spiro atoms. The van der Waals surface area contributed by atoms with Crippen LogP contribution in [0, 0.1) is 0 Å². The summed E-state index contributed by atoms with van der Waals surface area (Å²) in [6.45, 7) is 0.384. The van der Waals surface area contributed by atoms with E-state index in [0.29, 0.717) is 23.8 Å². The molecule has 0 fully saturated rings. The van der Waals surface area contributed by atoms with E-state index in [9.17, 15) is 0 Å². The van der Waals surface area contributed by atoms with Crippen LogP contribution < -0.4 is 19.9 Å². The summed E-state index contributed by atoms with van der Waals surface area (Å²) in [5.74, 6) is 1.75. The Hall–Kier alpha value is -1.46. The Morgan fingerprint density at radius 1 is 1.00 bits per heavy atom. The van der Waals surface area contributed by atoms with Gasteiger partial charge in [0.05, 0.1) is 27.4 Å². The standard InChI is InChI=1S/C12H19NO4/c1-14-9-5-8(11(7-13)16-3)6-10(15-2)12(9)17-4/h5-6,11H,7,13H2,1-4H3/t11-/m0/s1. The Morgan fingerprint density at radius 2 is 1.53 bits per heavy atom. The summed E-state index contributed by atoms with van der Waals surface area (Å²) < 4.78 is 21.0. The molecule has 0 unspecified atom stereocenters. The molecular weight excluding hydrogens is 222 g/mol. The molecular formula is C12H19NO4. The van der Waals surface area contributed by atoms with Crippen molar-refractivity contribution in [3.63, 3.8) is 0 Å². The van der Waals surface area contributed by atoms with Crippen LogP contribution >= 0.6 is 0 Å². The third-order valence-electron chi connectivity index (χ3n) is 2.56. The molecule has 0 heterocycles. The van der Waals surface area contributed by atoms with E-state index in [1.807, 2.05) is 12.1 Å². The van der Waals surface area contributed by atoms with E-state index < -0.39 is 0 Å². The maximum atomic E-state index is 5.63. The molecule has 5 nitrogen and oxygen atoms in total. The van der Waals surface area contributed by atoms with Crippen molar-refractivity contribution in [1.82, 2.24) is 0 Å². The topological polar surface area (TPSA) is 62.9 Å². The molecule has 0 bridgehead atoms. The molecule has 0 aliphatic carbocycles. The fraction of sp³-hybridized carbons (Fsp3) is 0.500. The van der Waals surface area contributed by atoms with Crippen molar-refractivity contribution >= 4 is 0 Å². The van der Waals surface area contributed by atoms with E-state index in [2.05, 4.69) is 0 Å². The Bertz CT molecular complexity index is 339. The van der Waals surface area contributed by atoms with Gasteiger partial charge in [0.25, 0.3) is 0 Å². The largest absolute Gasteiger partial charge is 0.493 e. The molecule has 0 aliphatic heterocycles. The van der Waals surface area contributed by atoms with Crippen LogP contribution in [-0.4, -0.2) is 35.0 Å². The summed E-state index contributed by atoms with van der Waals surface area (Å²) in [5, 5.41) is 0. The van der Waals surface area contributed by atoms with E-state index in [1.165, 1.54) is 0 Å². The fourth-order valence-corrected chi connectivity index (χ4v) is 1.66. The predicted molar refractivity (Wildman–Crippen MR) is 64.9 cm³/mol. The van der Waals surface area contributed by atoms with E-state index in [1.54, 1.807) is 28.4 Å². The van der Waals surface area contributed by atoms with Crippen LogP contribution in [-0.2, 0) is 4.74 Å². The lowest BCUT2D eigenvalue weighted by molar-refractivity contribution is 0.110. The number of hydrogen-bond donors (Lipinski definition) is 1. The van der Waals surface area contributed by atoms with Crippen molar-refractivity contribution < 1.29 is 18.9 Å². The Kier molecular flexibility index (Phi) is 5.06. The molecule has 17 heavy (non-hydrogen) atoms. The van der Waals surface area contributed by atoms with E-state index in [-0.39, 0.29) is 6.10 Å². The Labute approximate surface area is 101 Å². The van der Waals surface area contributed by atoms with Crippen LogP contribution in [0.25, 0.3) is 0 Å². The Morgan fingerprint density at radius 3 is 1.82 bits per heavy atom. The van der Waals surface area contributed by atoms with E-state index >= 15 is 0 Å². The lowest BCUT2D eigenvalue weighted by Gasteiger charge is -2.18. The number of ether oxygens (including phenoxy) is 4. The van der Waals surface area contributed by atoms with Gasteiger partial charge in [-0.05, 0) is 17.7 Å². The lowest BCUT2D eigenvalue weighted by Crippen LogP contribution is -2.14. The highest BCUT2D eigenvalue weighted by Gasteiger charge is 2.17. The first kappa shape index (κ1) is 13.6. The first-order chi connectivity index (χ1) is 8.21. The molecule has 0 aromatic heterocycles. The lowest BCUT2D eigenvalue weighted by atomic mass is 10.1. The van der Waals surface area contributed by atoms with Crippen molar-refractivity contribution in [2.75, 3.05) is 35.0 Å². The van der Waals surface area contributed by atoms with Crippen molar-refractivity contribution in [3.05, 3.63) is 17.7 Å². The van der Waals surface area contributed by atoms with Crippen molar-refractivity contribution in [2.45, 2.75) is 6.10 Å². The highest BCUT2D eigenvalue weighted by Crippen LogP contribution is 2.39. The predicted octanol–water partition coefficient (Wildman–Crippen LogP) is 1.36. The van der Waals surface area contributed by atoms with E-state index in [4.69, 9.17) is 24.7 Å². The molecule has 1 rings (SSSR count). The number of benzene rings is 1. The zero-order valence-electron chi connectivity index (χ0n) is 10.6. The molecule has 0 saturated carbocycles. The minimum Gasteiger partial charge on any atom is -0.493 e. The van der Waals surface area contributed by atoms with Crippen LogP contribution in [0.5, 0.6) is 17.2 Å². The average Bonchev–Trinajstić information content (AvgIpc) is 2.38. The molecule has 1 aromatic carbocycles. The highest BCUT2D eigenvalue weighted by molar-refractivity contribution is 5.54. The summed E-state index contributed by atoms with van der Waals surface area (Å²) >= 11 is 0. The smallest absolute Gasteiger partial charge is 0.203 e. The number of methoxy groups -OCH3 is 4. The van der Waals surface area contributed by atoms with Gasteiger partial charge in [-0.2, -0.15) is 0 Å².